The van der Waals surface area contributed by atoms with E-state index in [4.69, 9.17) is 9.47 Å². The van der Waals surface area contributed by atoms with E-state index in [1.165, 1.54) is 0 Å². The highest BCUT2D eigenvalue weighted by atomic mass is 16.5. The minimum absolute atomic E-state index is 0.107. The molecule has 8 heteroatoms. The van der Waals surface area contributed by atoms with Crippen LogP contribution in [0.15, 0.2) is 0 Å². The second-order valence-electron chi connectivity index (χ2n) is 8.35. The van der Waals surface area contributed by atoms with Gasteiger partial charge in [0.15, 0.2) is 0 Å². The van der Waals surface area contributed by atoms with Crippen LogP contribution < -0.4 is 21.3 Å². The molecule has 4 atom stereocenters. The van der Waals surface area contributed by atoms with E-state index in [0.717, 1.165) is 64.6 Å². The third kappa shape index (κ3) is 7.47. The first-order valence-corrected chi connectivity index (χ1v) is 11.0. The van der Waals surface area contributed by atoms with Crippen LogP contribution in [0.2, 0.25) is 0 Å². The van der Waals surface area contributed by atoms with Crippen molar-refractivity contribution in [1.29, 1.82) is 0 Å². The van der Waals surface area contributed by atoms with Gasteiger partial charge in [-0.05, 0) is 56.8 Å². The van der Waals surface area contributed by atoms with E-state index in [2.05, 4.69) is 21.3 Å². The smallest absolute Gasteiger partial charge is 0.314 e. The van der Waals surface area contributed by atoms with Gasteiger partial charge in [0.1, 0.15) is 0 Å². The average Bonchev–Trinajstić information content (AvgIpc) is 3.42. The fourth-order valence-corrected chi connectivity index (χ4v) is 4.40. The second-order valence-corrected chi connectivity index (χ2v) is 8.35. The number of nitrogens with one attached hydrogen (secondary N) is 4. The Morgan fingerprint density at radius 3 is 1.54 bits per heavy atom. The summed E-state index contributed by atoms with van der Waals surface area (Å²) in [4.78, 5) is 23.9. The third-order valence-corrected chi connectivity index (χ3v) is 6.02. The van der Waals surface area contributed by atoms with Crippen molar-refractivity contribution in [3.05, 3.63) is 0 Å². The maximum Gasteiger partial charge on any atom is 0.314 e. The summed E-state index contributed by atoms with van der Waals surface area (Å²) in [5, 5.41) is 11.8. The number of amides is 4. The van der Waals surface area contributed by atoms with E-state index >= 15 is 0 Å². The van der Waals surface area contributed by atoms with Crippen LogP contribution in [0.5, 0.6) is 0 Å². The summed E-state index contributed by atoms with van der Waals surface area (Å²) in [6, 6.07) is -0.214. The number of hydrogen-bond donors (Lipinski definition) is 4. The fraction of sp³-hybridized carbons (Fsp3) is 0.900. The Morgan fingerprint density at radius 1 is 0.643 bits per heavy atom. The summed E-state index contributed by atoms with van der Waals surface area (Å²) in [5.74, 6) is 0.952. The standard InChI is InChI=1S/C20H36N4O4/c25-19(23-13-17-6-2-8-27-17)21-11-15-4-1-5-16(10-15)12-22-20(26)24-14-18-7-3-9-28-18/h15-18H,1-14H2,(H2,21,23,25)(H2,22,24,26)/t15-,16+,17-,18-/m0/s1. The minimum Gasteiger partial charge on any atom is -0.376 e. The minimum atomic E-state index is -0.107. The molecule has 1 aliphatic carbocycles. The molecule has 2 aliphatic heterocycles. The Morgan fingerprint density at radius 2 is 1.11 bits per heavy atom. The fourth-order valence-electron chi connectivity index (χ4n) is 4.40. The van der Waals surface area contributed by atoms with Crippen molar-refractivity contribution in [2.24, 2.45) is 11.8 Å². The molecule has 160 valence electrons. The lowest BCUT2D eigenvalue weighted by molar-refractivity contribution is 0.111. The molecule has 3 aliphatic rings. The van der Waals surface area contributed by atoms with E-state index < -0.39 is 0 Å². The van der Waals surface area contributed by atoms with Gasteiger partial charge in [0.05, 0.1) is 12.2 Å². The first-order chi connectivity index (χ1) is 13.7. The van der Waals surface area contributed by atoms with E-state index in [9.17, 15) is 9.59 Å². The summed E-state index contributed by atoms with van der Waals surface area (Å²) in [6.07, 6.45) is 9.00. The molecular formula is C20H36N4O4. The van der Waals surface area contributed by atoms with Crippen molar-refractivity contribution >= 4 is 12.1 Å². The Bertz CT molecular complexity index is 451. The van der Waals surface area contributed by atoms with Gasteiger partial charge in [0.2, 0.25) is 0 Å². The molecule has 0 bridgehead atoms. The van der Waals surface area contributed by atoms with Crippen LogP contribution >= 0.6 is 0 Å². The van der Waals surface area contributed by atoms with Crippen molar-refractivity contribution in [2.45, 2.75) is 63.6 Å². The first kappa shape index (κ1) is 21.2. The van der Waals surface area contributed by atoms with Gasteiger partial charge >= 0.3 is 12.1 Å². The van der Waals surface area contributed by atoms with Crippen molar-refractivity contribution in [3.63, 3.8) is 0 Å². The van der Waals surface area contributed by atoms with Crippen molar-refractivity contribution < 1.29 is 19.1 Å². The van der Waals surface area contributed by atoms with Crippen LogP contribution in [0, 0.1) is 11.8 Å². The lowest BCUT2D eigenvalue weighted by Crippen LogP contribution is -2.43. The lowest BCUT2D eigenvalue weighted by atomic mass is 9.81. The van der Waals surface area contributed by atoms with Gasteiger partial charge in [-0.3, -0.25) is 0 Å². The molecule has 0 aromatic heterocycles. The first-order valence-electron chi connectivity index (χ1n) is 11.0. The van der Waals surface area contributed by atoms with Crippen LogP contribution in [-0.2, 0) is 9.47 Å². The largest absolute Gasteiger partial charge is 0.376 e. The number of hydrogen-bond acceptors (Lipinski definition) is 4. The highest BCUT2D eigenvalue weighted by Gasteiger charge is 2.23. The molecule has 3 rings (SSSR count). The maximum absolute atomic E-state index is 12.0. The van der Waals surface area contributed by atoms with E-state index in [1.807, 2.05) is 0 Å². The van der Waals surface area contributed by atoms with Crippen LogP contribution in [0.25, 0.3) is 0 Å². The molecule has 4 N–H and O–H groups in total. The highest BCUT2D eigenvalue weighted by Crippen LogP contribution is 2.28. The molecule has 0 unspecified atom stereocenters. The lowest BCUT2D eigenvalue weighted by Gasteiger charge is -2.29. The number of carbonyl (C=O) groups is 2. The quantitative estimate of drug-likeness (QED) is 0.502. The highest BCUT2D eigenvalue weighted by molar-refractivity contribution is 5.74. The summed E-state index contributed by atoms with van der Waals surface area (Å²) in [5.41, 5.74) is 0. The summed E-state index contributed by atoms with van der Waals surface area (Å²) in [6.45, 7) is 4.17. The predicted octanol–water partition coefficient (Wildman–Crippen LogP) is 1.75. The molecule has 8 nitrogen and oxygen atoms in total. The number of urea groups is 2. The molecular weight excluding hydrogens is 360 g/mol. The molecule has 2 saturated heterocycles. The molecule has 1 saturated carbocycles. The Balaban J connectivity index is 1.24. The number of ether oxygens (including phenoxy) is 2. The molecule has 3 fully saturated rings. The zero-order valence-electron chi connectivity index (χ0n) is 16.8. The van der Waals surface area contributed by atoms with Crippen LogP contribution in [-0.4, -0.2) is 63.7 Å². The van der Waals surface area contributed by atoms with E-state index in [-0.39, 0.29) is 24.3 Å². The zero-order chi connectivity index (χ0) is 19.6. The molecule has 0 aromatic rings. The molecule has 0 aromatic carbocycles. The Labute approximate surface area is 167 Å². The zero-order valence-corrected chi connectivity index (χ0v) is 16.8. The second kappa shape index (κ2) is 11.5. The van der Waals surface area contributed by atoms with Gasteiger partial charge in [-0.15, -0.1) is 0 Å². The average molecular weight is 397 g/mol. The van der Waals surface area contributed by atoms with Gasteiger partial charge in [0.25, 0.3) is 0 Å². The predicted molar refractivity (Wildman–Crippen MR) is 106 cm³/mol. The summed E-state index contributed by atoms with van der Waals surface area (Å²) in [7, 11) is 0. The normalized spacial score (nSPS) is 30.0. The number of carbonyl (C=O) groups excluding carboxylic acids is 2. The van der Waals surface area contributed by atoms with Crippen molar-refractivity contribution in [2.75, 3.05) is 39.4 Å². The van der Waals surface area contributed by atoms with E-state index in [0.29, 0.717) is 38.0 Å². The number of rotatable bonds is 8. The summed E-state index contributed by atoms with van der Waals surface area (Å²) >= 11 is 0. The Hall–Kier alpha value is -1.54. The van der Waals surface area contributed by atoms with Gasteiger partial charge < -0.3 is 30.7 Å². The van der Waals surface area contributed by atoms with Gasteiger partial charge in [-0.1, -0.05) is 6.42 Å². The molecule has 28 heavy (non-hydrogen) atoms. The monoisotopic (exact) mass is 396 g/mol. The van der Waals surface area contributed by atoms with Gasteiger partial charge in [-0.2, -0.15) is 0 Å². The van der Waals surface area contributed by atoms with Crippen LogP contribution in [0.3, 0.4) is 0 Å². The molecule has 4 amide bonds. The van der Waals surface area contributed by atoms with Crippen molar-refractivity contribution in [3.8, 4) is 0 Å². The molecule has 0 radical (unpaired) electrons. The van der Waals surface area contributed by atoms with Gasteiger partial charge in [-0.25, -0.2) is 9.59 Å². The third-order valence-electron chi connectivity index (χ3n) is 6.02. The molecule has 2 heterocycles. The van der Waals surface area contributed by atoms with Crippen LogP contribution in [0.4, 0.5) is 9.59 Å². The van der Waals surface area contributed by atoms with Crippen LogP contribution in [0.1, 0.15) is 51.4 Å². The van der Waals surface area contributed by atoms with Gasteiger partial charge in [0, 0.05) is 39.4 Å². The molecule has 0 spiro atoms. The van der Waals surface area contributed by atoms with E-state index in [1.54, 1.807) is 0 Å². The topological polar surface area (TPSA) is 101 Å². The maximum atomic E-state index is 12.0. The van der Waals surface area contributed by atoms with Crippen molar-refractivity contribution in [1.82, 2.24) is 21.3 Å². The Kier molecular flexibility index (Phi) is 8.67. The SMILES string of the molecule is O=C(NC[C@H]1CCC[C@@H](CNC(=O)NC[C@@H]2CCCO2)C1)NC[C@@H]1CCCO1. The summed E-state index contributed by atoms with van der Waals surface area (Å²) < 4.78 is 11.0.